The third-order valence-corrected chi connectivity index (χ3v) is 2.67. The van der Waals surface area contributed by atoms with Gasteiger partial charge in [-0.3, -0.25) is 4.79 Å². The normalized spacial score (nSPS) is 12.8. The minimum atomic E-state index is 0.474. The van der Waals surface area contributed by atoms with Gasteiger partial charge in [-0.25, -0.2) is 0 Å². The number of hydrogen-bond donors (Lipinski definition) is 0. The summed E-state index contributed by atoms with van der Waals surface area (Å²) in [7, 11) is 0. The second kappa shape index (κ2) is 9.23. The maximum absolute atomic E-state index is 11.5. The van der Waals surface area contributed by atoms with Gasteiger partial charge in [0, 0.05) is 12.8 Å². The van der Waals surface area contributed by atoms with E-state index < -0.39 is 0 Å². The molecule has 0 aliphatic rings. The van der Waals surface area contributed by atoms with Gasteiger partial charge < -0.3 is 0 Å². The molecular weight excluding hydrogens is 172 g/mol. The zero-order valence-electron chi connectivity index (χ0n) is 10.1. The van der Waals surface area contributed by atoms with Gasteiger partial charge in [-0.1, -0.05) is 52.9 Å². The van der Waals surface area contributed by atoms with Crippen LogP contribution in [-0.2, 0) is 4.79 Å². The highest BCUT2D eigenvalue weighted by molar-refractivity contribution is 5.78. The Kier molecular flexibility index (Phi) is 9.02. The van der Waals surface area contributed by atoms with Crippen molar-refractivity contribution >= 4 is 5.78 Å². The van der Waals surface area contributed by atoms with Crippen molar-refractivity contribution in [1.29, 1.82) is 0 Å². The van der Waals surface area contributed by atoms with Gasteiger partial charge in [0.1, 0.15) is 5.78 Å². The number of unbranched alkanes of at least 4 members (excludes halogenated alkanes) is 3. The number of ketones is 1. The lowest BCUT2D eigenvalue weighted by Gasteiger charge is -2.08. The van der Waals surface area contributed by atoms with Crippen LogP contribution in [0.4, 0.5) is 0 Å². The Morgan fingerprint density at radius 1 is 1.07 bits per heavy atom. The molecule has 0 fully saturated rings. The molecule has 84 valence electrons. The van der Waals surface area contributed by atoms with Crippen molar-refractivity contribution in [3.8, 4) is 0 Å². The molecule has 0 heterocycles. The third kappa shape index (κ3) is 8.28. The fourth-order valence-electron chi connectivity index (χ4n) is 1.83. The zero-order valence-corrected chi connectivity index (χ0v) is 10.1. The van der Waals surface area contributed by atoms with E-state index in [1.807, 2.05) is 0 Å². The highest BCUT2D eigenvalue weighted by atomic mass is 16.1. The summed E-state index contributed by atoms with van der Waals surface area (Å²) in [6.45, 7) is 6.57. The van der Waals surface area contributed by atoms with Crippen LogP contribution >= 0.6 is 0 Å². The smallest absolute Gasteiger partial charge is 0.133 e. The maximum atomic E-state index is 11.5. The number of hydrogen-bond acceptors (Lipinski definition) is 1. The second-order valence-electron chi connectivity index (χ2n) is 4.45. The van der Waals surface area contributed by atoms with Gasteiger partial charge in [0.05, 0.1) is 0 Å². The Morgan fingerprint density at radius 3 is 2.36 bits per heavy atom. The first kappa shape index (κ1) is 13.7. The number of rotatable bonds is 9. The fraction of sp³-hybridized carbons (Fsp3) is 0.923. The van der Waals surface area contributed by atoms with Crippen molar-refractivity contribution in [2.45, 2.75) is 72.1 Å². The summed E-state index contributed by atoms with van der Waals surface area (Å²) in [4.78, 5) is 11.5. The number of Topliss-reactive ketones (excluding diaryl/α,β-unsaturated/α-hetero) is 1. The van der Waals surface area contributed by atoms with E-state index in [9.17, 15) is 4.79 Å². The number of carbonyl (C=O) groups is 1. The van der Waals surface area contributed by atoms with E-state index in [2.05, 4.69) is 20.8 Å². The monoisotopic (exact) mass is 198 g/mol. The molecule has 0 aromatic carbocycles. The molecule has 1 atom stereocenters. The molecule has 1 unspecified atom stereocenters. The first-order valence-electron chi connectivity index (χ1n) is 6.22. The fourth-order valence-corrected chi connectivity index (χ4v) is 1.83. The molecule has 0 aromatic rings. The van der Waals surface area contributed by atoms with Crippen LogP contribution in [0.2, 0.25) is 0 Å². The average molecular weight is 198 g/mol. The molecule has 0 spiro atoms. The molecule has 0 amide bonds. The Bertz CT molecular complexity index is 140. The van der Waals surface area contributed by atoms with Gasteiger partial charge in [0.15, 0.2) is 0 Å². The van der Waals surface area contributed by atoms with E-state index in [1.165, 1.54) is 32.1 Å². The molecule has 0 aliphatic heterocycles. The van der Waals surface area contributed by atoms with Crippen molar-refractivity contribution in [3.63, 3.8) is 0 Å². The van der Waals surface area contributed by atoms with Gasteiger partial charge in [0.2, 0.25) is 0 Å². The molecule has 0 radical (unpaired) electrons. The molecule has 0 rings (SSSR count). The van der Waals surface area contributed by atoms with Gasteiger partial charge in [-0.2, -0.15) is 0 Å². The SMILES string of the molecule is CCCCCCC(=O)CC(C)CCC. The molecule has 1 heteroatoms. The Labute approximate surface area is 89.3 Å². The van der Waals surface area contributed by atoms with Crippen LogP contribution in [0, 0.1) is 5.92 Å². The minimum Gasteiger partial charge on any atom is -0.300 e. The first-order chi connectivity index (χ1) is 6.70. The third-order valence-electron chi connectivity index (χ3n) is 2.67. The standard InChI is InChI=1S/C13H26O/c1-4-6-7-8-10-13(14)11-12(3)9-5-2/h12H,4-11H2,1-3H3. The molecule has 0 saturated carbocycles. The molecule has 1 nitrogen and oxygen atoms in total. The zero-order chi connectivity index (χ0) is 10.8. The highest BCUT2D eigenvalue weighted by Gasteiger charge is 2.07. The van der Waals surface area contributed by atoms with Gasteiger partial charge >= 0.3 is 0 Å². The van der Waals surface area contributed by atoms with Crippen molar-refractivity contribution in [1.82, 2.24) is 0 Å². The lowest BCUT2D eigenvalue weighted by molar-refractivity contribution is -0.120. The molecule has 0 N–H and O–H groups in total. The highest BCUT2D eigenvalue weighted by Crippen LogP contribution is 2.13. The lowest BCUT2D eigenvalue weighted by Crippen LogP contribution is -2.05. The molecule has 0 aliphatic carbocycles. The summed E-state index contributed by atoms with van der Waals surface area (Å²) in [5, 5.41) is 0. The molecular formula is C13H26O. The van der Waals surface area contributed by atoms with Crippen LogP contribution in [0.5, 0.6) is 0 Å². The molecule has 0 aromatic heterocycles. The second-order valence-corrected chi connectivity index (χ2v) is 4.45. The predicted molar refractivity (Wildman–Crippen MR) is 62.5 cm³/mol. The summed E-state index contributed by atoms with van der Waals surface area (Å²) < 4.78 is 0. The van der Waals surface area contributed by atoms with Crippen LogP contribution in [0.1, 0.15) is 72.1 Å². The van der Waals surface area contributed by atoms with Crippen molar-refractivity contribution in [2.24, 2.45) is 5.92 Å². The Hall–Kier alpha value is -0.330. The molecule has 14 heavy (non-hydrogen) atoms. The largest absolute Gasteiger partial charge is 0.300 e. The van der Waals surface area contributed by atoms with E-state index >= 15 is 0 Å². The van der Waals surface area contributed by atoms with Crippen LogP contribution in [0.25, 0.3) is 0 Å². The number of carbonyl (C=O) groups excluding carboxylic acids is 1. The van der Waals surface area contributed by atoms with E-state index in [0.29, 0.717) is 11.7 Å². The topological polar surface area (TPSA) is 17.1 Å². The first-order valence-corrected chi connectivity index (χ1v) is 6.22. The maximum Gasteiger partial charge on any atom is 0.133 e. The van der Waals surface area contributed by atoms with Crippen LogP contribution < -0.4 is 0 Å². The van der Waals surface area contributed by atoms with Crippen LogP contribution in [-0.4, -0.2) is 5.78 Å². The van der Waals surface area contributed by atoms with E-state index in [-0.39, 0.29) is 0 Å². The average Bonchev–Trinajstić information content (AvgIpc) is 2.13. The van der Waals surface area contributed by atoms with Gasteiger partial charge in [-0.05, 0) is 12.3 Å². The Balaban J connectivity index is 3.35. The summed E-state index contributed by atoms with van der Waals surface area (Å²) in [6, 6.07) is 0. The summed E-state index contributed by atoms with van der Waals surface area (Å²) in [6.07, 6.45) is 8.87. The molecule has 0 bridgehead atoms. The molecule has 0 saturated heterocycles. The van der Waals surface area contributed by atoms with Crippen molar-refractivity contribution in [2.75, 3.05) is 0 Å². The van der Waals surface area contributed by atoms with E-state index in [0.717, 1.165) is 19.3 Å². The van der Waals surface area contributed by atoms with Gasteiger partial charge in [0.25, 0.3) is 0 Å². The predicted octanol–water partition coefficient (Wildman–Crippen LogP) is 4.35. The summed E-state index contributed by atoms with van der Waals surface area (Å²) >= 11 is 0. The Morgan fingerprint density at radius 2 is 1.79 bits per heavy atom. The lowest BCUT2D eigenvalue weighted by atomic mass is 9.97. The van der Waals surface area contributed by atoms with E-state index in [4.69, 9.17) is 0 Å². The van der Waals surface area contributed by atoms with Crippen LogP contribution in [0.3, 0.4) is 0 Å². The van der Waals surface area contributed by atoms with E-state index in [1.54, 1.807) is 0 Å². The van der Waals surface area contributed by atoms with Crippen molar-refractivity contribution in [3.05, 3.63) is 0 Å². The minimum absolute atomic E-state index is 0.474. The quantitative estimate of drug-likeness (QED) is 0.503. The summed E-state index contributed by atoms with van der Waals surface area (Å²) in [5.41, 5.74) is 0. The summed E-state index contributed by atoms with van der Waals surface area (Å²) in [5.74, 6) is 1.07. The van der Waals surface area contributed by atoms with Crippen molar-refractivity contribution < 1.29 is 4.79 Å². The van der Waals surface area contributed by atoms with Crippen LogP contribution in [0.15, 0.2) is 0 Å². The van der Waals surface area contributed by atoms with Gasteiger partial charge in [-0.15, -0.1) is 0 Å².